The van der Waals surface area contributed by atoms with E-state index in [-0.39, 0.29) is 17.7 Å². The quantitative estimate of drug-likeness (QED) is 0.862. The van der Waals surface area contributed by atoms with Gasteiger partial charge in [0.25, 0.3) is 5.91 Å². The average molecular weight is 332 g/mol. The van der Waals surface area contributed by atoms with Crippen molar-refractivity contribution in [1.29, 1.82) is 0 Å². The number of aliphatic carboxylic acids is 1. The van der Waals surface area contributed by atoms with Crippen LogP contribution in [-0.4, -0.2) is 41.9 Å². The zero-order valence-electron chi connectivity index (χ0n) is 14.1. The SMILES string of the molecule is CNC(=O)c1ccc(CN(C)C(=O)C2CCCC(C(=O)O)C2)cc1. The van der Waals surface area contributed by atoms with Crippen LogP contribution in [-0.2, 0) is 16.1 Å². The molecule has 0 saturated heterocycles. The number of carboxylic acids is 1. The summed E-state index contributed by atoms with van der Waals surface area (Å²) in [5, 5.41) is 11.7. The first-order chi connectivity index (χ1) is 11.4. The minimum Gasteiger partial charge on any atom is -0.481 e. The summed E-state index contributed by atoms with van der Waals surface area (Å²) in [7, 11) is 3.32. The van der Waals surface area contributed by atoms with E-state index in [0.29, 0.717) is 24.9 Å². The van der Waals surface area contributed by atoms with Crippen LogP contribution in [0.25, 0.3) is 0 Å². The molecule has 6 nitrogen and oxygen atoms in total. The van der Waals surface area contributed by atoms with Crippen molar-refractivity contribution in [1.82, 2.24) is 10.2 Å². The Morgan fingerprint density at radius 3 is 2.38 bits per heavy atom. The number of hydrogen-bond donors (Lipinski definition) is 2. The minimum atomic E-state index is -0.806. The Bertz CT molecular complexity index is 612. The average Bonchev–Trinajstić information content (AvgIpc) is 2.61. The third kappa shape index (κ3) is 4.34. The zero-order valence-corrected chi connectivity index (χ0v) is 14.1. The summed E-state index contributed by atoms with van der Waals surface area (Å²) in [6, 6.07) is 7.12. The minimum absolute atomic E-state index is 0.00340. The second kappa shape index (κ2) is 7.95. The highest BCUT2D eigenvalue weighted by molar-refractivity contribution is 5.93. The number of benzene rings is 1. The Morgan fingerprint density at radius 2 is 1.79 bits per heavy atom. The number of carbonyl (C=O) groups is 3. The molecule has 1 saturated carbocycles. The maximum Gasteiger partial charge on any atom is 0.306 e. The highest BCUT2D eigenvalue weighted by Crippen LogP contribution is 2.30. The van der Waals surface area contributed by atoms with Gasteiger partial charge in [-0.1, -0.05) is 18.6 Å². The molecule has 0 spiro atoms. The molecule has 2 rings (SSSR count). The predicted octanol–water partition coefficient (Wildman–Crippen LogP) is 1.90. The third-order valence-corrected chi connectivity index (χ3v) is 4.61. The number of carbonyl (C=O) groups excluding carboxylic acids is 2. The van der Waals surface area contributed by atoms with Crippen molar-refractivity contribution in [2.45, 2.75) is 32.2 Å². The molecule has 0 radical (unpaired) electrons. The molecular formula is C18H24N2O4. The second-order valence-corrected chi connectivity index (χ2v) is 6.37. The largest absolute Gasteiger partial charge is 0.481 e. The first-order valence-corrected chi connectivity index (χ1v) is 8.21. The summed E-state index contributed by atoms with van der Waals surface area (Å²) in [6.07, 6.45) is 2.61. The monoisotopic (exact) mass is 332 g/mol. The number of rotatable bonds is 5. The molecule has 24 heavy (non-hydrogen) atoms. The van der Waals surface area contributed by atoms with Gasteiger partial charge in [0.1, 0.15) is 0 Å². The molecule has 0 aliphatic heterocycles. The Hall–Kier alpha value is -2.37. The summed E-state index contributed by atoms with van der Waals surface area (Å²) in [6.45, 7) is 0.446. The Balaban J connectivity index is 1.96. The summed E-state index contributed by atoms with van der Waals surface area (Å²) in [4.78, 5) is 36.9. The van der Waals surface area contributed by atoms with Crippen LogP contribution >= 0.6 is 0 Å². The maximum atomic E-state index is 12.6. The first kappa shape index (κ1) is 18.0. The molecule has 1 aliphatic carbocycles. The molecule has 2 unspecified atom stereocenters. The number of nitrogens with zero attached hydrogens (tertiary/aromatic N) is 1. The molecule has 0 heterocycles. The molecule has 130 valence electrons. The van der Waals surface area contributed by atoms with Gasteiger partial charge in [-0.25, -0.2) is 0 Å². The van der Waals surface area contributed by atoms with Crippen LogP contribution in [0.3, 0.4) is 0 Å². The molecule has 2 amide bonds. The number of carboxylic acid groups (broad SMARTS) is 1. The van der Waals surface area contributed by atoms with Crippen LogP contribution in [0.5, 0.6) is 0 Å². The molecular weight excluding hydrogens is 308 g/mol. The number of nitrogens with one attached hydrogen (secondary N) is 1. The molecule has 1 aliphatic rings. The van der Waals surface area contributed by atoms with Gasteiger partial charge in [0.15, 0.2) is 0 Å². The molecule has 2 atom stereocenters. The van der Waals surface area contributed by atoms with Gasteiger partial charge in [-0.15, -0.1) is 0 Å². The summed E-state index contributed by atoms with van der Waals surface area (Å²) in [5.74, 6) is -1.58. The fourth-order valence-electron chi connectivity index (χ4n) is 3.21. The lowest BCUT2D eigenvalue weighted by molar-refractivity contribution is -0.145. The predicted molar refractivity (Wildman–Crippen MR) is 89.4 cm³/mol. The van der Waals surface area contributed by atoms with E-state index in [0.717, 1.165) is 18.4 Å². The molecule has 0 aromatic heterocycles. The van der Waals surface area contributed by atoms with Crippen molar-refractivity contribution in [3.63, 3.8) is 0 Å². The molecule has 1 aromatic carbocycles. The van der Waals surface area contributed by atoms with E-state index in [1.807, 2.05) is 12.1 Å². The van der Waals surface area contributed by atoms with E-state index >= 15 is 0 Å². The summed E-state index contributed by atoms with van der Waals surface area (Å²) >= 11 is 0. The topological polar surface area (TPSA) is 86.7 Å². The zero-order chi connectivity index (χ0) is 17.7. The van der Waals surface area contributed by atoms with Gasteiger partial charge < -0.3 is 15.3 Å². The van der Waals surface area contributed by atoms with E-state index in [4.69, 9.17) is 5.11 Å². The van der Waals surface area contributed by atoms with E-state index in [1.54, 1.807) is 31.1 Å². The van der Waals surface area contributed by atoms with Crippen LogP contribution < -0.4 is 5.32 Å². The fraction of sp³-hybridized carbons (Fsp3) is 0.500. The highest BCUT2D eigenvalue weighted by atomic mass is 16.4. The Morgan fingerprint density at radius 1 is 1.17 bits per heavy atom. The lowest BCUT2D eigenvalue weighted by Crippen LogP contribution is -2.36. The van der Waals surface area contributed by atoms with Crippen LogP contribution in [0.15, 0.2) is 24.3 Å². The van der Waals surface area contributed by atoms with Gasteiger partial charge >= 0.3 is 5.97 Å². The Labute approximate surface area is 141 Å². The third-order valence-electron chi connectivity index (χ3n) is 4.61. The van der Waals surface area contributed by atoms with Gasteiger partial charge in [0, 0.05) is 32.1 Å². The maximum absolute atomic E-state index is 12.6. The number of hydrogen-bond acceptors (Lipinski definition) is 3. The van der Waals surface area contributed by atoms with Crippen LogP contribution in [0.4, 0.5) is 0 Å². The van der Waals surface area contributed by atoms with E-state index in [9.17, 15) is 14.4 Å². The smallest absolute Gasteiger partial charge is 0.306 e. The van der Waals surface area contributed by atoms with Gasteiger partial charge in [-0.3, -0.25) is 14.4 Å². The van der Waals surface area contributed by atoms with Crippen molar-refractivity contribution >= 4 is 17.8 Å². The van der Waals surface area contributed by atoms with Crippen molar-refractivity contribution in [3.8, 4) is 0 Å². The normalized spacial score (nSPS) is 20.2. The lowest BCUT2D eigenvalue weighted by Gasteiger charge is -2.29. The number of amides is 2. The van der Waals surface area contributed by atoms with Crippen molar-refractivity contribution in [2.75, 3.05) is 14.1 Å². The van der Waals surface area contributed by atoms with E-state index in [1.165, 1.54) is 0 Å². The lowest BCUT2D eigenvalue weighted by atomic mass is 9.81. The van der Waals surface area contributed by atoms with Gasteiger partial charge in [0.05, 0.1) is 5.92 Å². The van der Waals surface area contributed by atoms with E-state index < -0.39 is 11.9 Å². The van der Waals surface area contributed by atoms with Crippen molar-refractivity contribution in [2.24, 2.45) is 11.8 Å². The first-order valence-electron chi connectivity index (χ1n) is 8.21. The molecule has 2 N–H and O–H groups in total. The second-order valence-electron chi connectivity index (χ2n) is 6.37. The van der Waals surface area contributed by atoms with Crippen LogP contribution in [0, 0.1) is 11.8 Å². The van der Waals surface area contributed by atoms with Crippen molar-refractivity contribution < 1.29 is 19.5 Å². The van der Waals surface area contributed by atoms with Gasteiger partial charge in [-0.2, -0.15) is 0 Å². The van der Waals surface area contributed by atoms with Crippen molar-refractivity contribution in [3.05, 3.63) is 35.4 Å². The van der Waals surface area contributed by atoms with Gasteiger partial charge in [0.2, 0.25) is 5.91 Å². The van der Waals surface area contributed by atoms with E-state index in [2.05, 4.69) is 5.32 Å². The molecule has 0 bridgehead atoms. The highest BCUT2D eigenvalue weighted by Gasteiger charge is 2.32. The standard InChI is InChI=1S/C18H24N2O4/c1-19-16(21)13-8-6-12(7-9-13)11-20(2)17(22)14-4-3-5-15(10-14)18(23)24/h6-9,14-15H,3-5,10-11H2,1-2H3,(H,19,21)(H,23,24). The molecule has 1 aromatic rings. The van der Waals surface area contributed by atoms with Crippen LogP contribution in [0.1, 0.15) is 41.6 Å². The summed E-state index contributed by atoms with van der Waals surface area (Å²) < 4.78 is 0. The molecule has 6 heteroatoms. The van der Waals surface area contributed by atoms with Gasteiger partial charge in [-0.05, 0) is 37.0 Å². The van der Waals surface area contributed by atoms with Crippen LogP contribution in [0.2, 0.25) is 0 Å². The summed E-state index contributed by atoms with van der Waals surface area (Å²) in [5.41, 5.74) is 1.51. The molecule has 1 fully saturated rings. The Kier molecular flexibility index (Phi) is 5.95. The fourth-order valence-corrected chi connectivity index (χ4v) is 3.21.